The van der Waals surface area contributed by atoms with Crippen LogP contribution in [0.2, 0.25) is 0 Å². The van der Waals surface area contributed by atoms with Crippen LogP contribution in [0.4, 0.5) is 0 Å². The molecule has 0 spiro atoms. The summed E-state index contributed by atoms with van der Waals surface area (Å²) in [4.78, 5) is 10.1. The summed E-state index contributed by atoms with van der Waals surface area (Å²) in [6.45, 7) is 2.99. The molecule has 0 bridgehead atoms. The Morgan fingerprint density at radius 3 is 2.08 bits per heavy atom. The zero-order chi connectivity index (χ0) is 8.65. The molecular weight excluding hydrogens is 152 g/mol. The van der Waals surface area contributed by atoms with E-state index in [4.69, 9.17) is 0 Å². The predicted octanol–water partition coefficient (Wildman–Crippen LogP) is 0.432. The molecule has 0 saturated carbocycles. The average molecular weight is 168 g/mol. The average Bonchev–Trinajstić information content (AvgIpc) is 2.60. The van der Waals surface area contributed by atoms with E-state index >= 15 is 0 Å². The van der Waals surface area contributed by atoms with Crippen LogP contribution in [0.1, 0.15) is 19.3 Å². The molecule has 2 rings (SSSR count). The van der Waals surface area contributed by atoms with Gasteiger partial charge in [0.1, 0.15) is 0 Å². The van der Waals surface area contributed by atoms with Crippen LogP contribution in [-0.2, 0) is 4.79 Å². The van der Waals surface area contributed by atoms with Gasteiger partial charge < -0.3 is 10.6 Å². The second-order valence-corrected chi connectivity index (χ2v) is 2.99. The molecule has 0 amide bonds. The Hall–Kier alpha value is -0.830. The van der Waals surface area contributed by atoms with Crippen molar-refractivity contribution in [2.45, 2.75) is 19.3 Å². The lowest BCUT2D eigenvalue weighted by Gasteiger charge is -2.08. The maximum atomic E-state index is 10.1. The molecule has 0 aliphatic carbocycles. The lowest BCUT2D eigenvalue weighted by atomic mass is 10.2. The molecule has 2 heterocycles. The van der Waals surface area contributed by atoms with Crippen LogP contribution in [0.15, 0.2) is 12.3 Å². The van der Waals surface area contributed by atoms with Gasteiger partial charge in [-0.05, 0) is 32.0 Å². The van der Waals surface area contributed by atoms with Gasteiger partial charge in [-0.1, -0.05) is 6.42 Å². The fourth-order valence-corrected chi connectivity index (χ4v) is 1.17. The predicted molar refractivity (Wildman–Crippen MR) is 48.9 cm³/mol. The Morgan fingerprint density at radius 1 is 1.17 bits per heavy atom. The van der Waals surface area contributed by atoms with Crippen LogP contribution < -0.4 is 10.6 Å². The molecule has 3 heteroatoms. The van der Waals surface area contributed by atoms with E-state index in [9.17, 15) is 4.79 Å². The fraction of sp³-hybridized carbons (Fsp3) is 0.667. The normalized spacial score (nSPS) is 21.2. The first-order chi connectivity index (χ1) is 5.89. The molecule has 2 N–H and O–H groups in total. The van der Waals surface area contributed by atoms with Gasteiger partial charge in [-0.25, -0.2) is 0 Å². The third-order valence-corrected chi connectivity index (χ3v) is 1.87. The first kappa shape index (κ1) is 9.26. The molecule has 0 unspecified atom stereocenters. The van der Waals surface area contributed by atoms with Crippen molar-refractivity contribution in [2.75, 3.05) is 19.6 Å². The zero-order valence-electron chi connectivity index (χ0n) is 7.31. The Kier molecular flexibility index (Phi) is 4.46. The third-order valence-electron chi connectivity index (χ3n) is 1.87. The monoisotopic (exact) mass is 168 g/mol. The Bertz CT molecular complexity index is 150. The van der Waals surface area contributed by atoms with E-state index in [1.54, 1.807) is 6.20 Å². The summed E-state index contributed by atoms with van der Waals surface area (Å²) in [7, 11) is 0. The Labute approximate surface area is 73.2 Å². The van der Waals surface area contributed by atoms with E-state index in [1.165, 1.54) is 38.4 Å². The van der Waals surface area contributed by atoms with E-state index in [0.717, 1.165) is 0 Å². The fourth-order valence-electron chi connectivity index (χ4n) is 1.17. The second kappa shape index (κ2) is 5.77. The SMILES string of the molecule is C1CCNCC1.O=C1C=CNC1. The molecule has 1 saturated heterocycles. The quantitative estimate of drug-likeness (QED) is 0.551. The molecule has 1 fully saturated rings. The molecule has 68 valence electrons. The lowest BCUT2D eigenvalue weighted by molar-refractivity contribution is -0.113. The van der Waals surface area contributed by atoms with Gasteiger partial charge in [-0.2, -0.15) is 0 Å². The maximum absolute atomic E-state index is 10.1. The minimum absolute atomic E-state index is 0.162. The number of rotatable bonds is 0. The van der Waals surface area contributed by atoms with Gasteiger partial charge in [-0.3, -0.25) is 4.79 Å². The molecule has 2 aliphatic heterocycles. The molecule has 0 aromatic rings. The molecule has 2 aliphatic rings. The van der Waals surface area contributed by atoms with E-state index < -0.39 is 0 Å². The highest BCUT2D eigenvalue weighted by molar-refractivity contribution is 5.93. The third kappa shape index (κ3) is 4.13. The van der Waals surface area contributed by atoms with Crippen molar-refractivity contribution in [3.05, 3.63) is 12.3 Å². The van der Waals surface area contributed by atoms with Crippen molar-refractivity contribution < 1.29 is 4.79 Å². The largest absolute Gasteiger partial charge is 0.383 e. The molecule has 0 aromatic carbocycles. The number of ketones is 1. The van der Waals surface area contributed by atoms with Crippen LogP contribution in [0.3, 0.4) is 0 Å². The van der Waals surface area contributed by atoms with Gasteiger partial charge in [0.05, 0.1) is 6.54 Å². The summed E-state index contributed by atoms with van der Waals surface area (Å²) in [5.41, 5.74) is 0. The second-order valence-electron chi connectivity index (χ2n) is 2.99. The smallest absolute Gasteiger partial charge is 0.176 e. The summed E-state index contributed by atoms with van der Waals surface area (Å²) in [5.74, 6) is 0.162. The minimum atomic E-state index is 0.162. The van der Waals surface area contributed by atoms with Gasteiger partial charge in [0.15, 0.2) is 5.78 Å². The Balaban J connectivity index is 0.000000120. The van der Waals surface area contributed by atoms with Crippen molar-refractivity contribution in [3.63, 3.8) is 0 Å². The van der Waals surface area contributed by atoms with Crippen molar-refractivity contribution >= 4 is 5.78 Å². The zero-order valence-corrected chi connectivity index (χ0v) is 7.31. The molecule has 0 radical (unpaired) electrons. The molecular formula is C9H16N2O. The van der Waals surface area contributed by atoms with Crippen molar-refractivity contribution in [3.8, 4) is 0 Å². The highest BCUT2D eigenvalue weighted by Crippen LogP contribution is 1.96. The molecule has 0 aromatic heterocycles. The maximum Gasteiger partial charge on any atom is 0.176 e. The molecule has 0 atom stereocenters. The first-order valence-corrected chi connectivity index (χ1v) is 4.53. The lowest BCUT2D eigenvalue weighted by Crippen LogP contribution is -2.21. The van der Waals surface area contributed by atoms with Gasteiger partial charge >= 0.3 is 0 Å². The molecule has 12 heavy (non-hydrogen) atoms. The topological polar surface area (TPSA) is 41.1 Å². The van der Waals surface area contributed by atoms with Crippen molar-refractivity contribution in [1.82, 2.24) is 10.6 Å². The summed E-state index contributed by atoms with van der Waals surface area (Å²) < 4.78 is 0. The van der Waals surface area contributed by atoms with Crippen LogP contribution in [0, 0.1) is 0 Å². The number of hydrogen-bond donors (Lipinski definition) is 2. The van der Waals surface area contributed by atoms with E-state index in [2.05, 4.69) is 10.6 Å². The molecule has 3 nitrogen and oxygen atoms in total. The minimum Gasteiger partial charge on any atom is -0.383 e. The van der Waals surface area contributed by atoms with Crippen LogP contribution in [0.25, 0.3) is 0 Å². The van der Waals surface area contributed by atoms with Gasteiger partial charge in [0.25, 0.3) is 0 Å². The van der Waals surface area contributed by atoms with E-state index in [0.29, 0.717) is 6.54 Å². The number of hydrogen-bond acceptors (Lipinski definition) is 3. The highest BCUT2D eigenvalue weighted by atomic mass is 16.1. The number of nitrogens with one attached hydrogen (secondary N) is 2. The highest BCUT2D eigenvalue weighted by Gasteiger charge is 1.96. The van der Waals surface area contributed by atoms with Crippen molar-refractivity contribution in [2.24, 2.45) is 0 Å². The van der Waals surface area contributed by atoms with Gasteiger partial charge in [0, 0.05) is 6.20 Å². The van der Waals surface area contributed by atoms with Crippen molar-refractivity contribution in [1.29, 1.82) is 0 Å². The van der Waals surface area contributed by atoms with E-state index in [1.807, 2.05) is 0 Å². The van der Waals surface area contributed by atoms with Gasteiger partial charge in [-0.15, -0.1) is 0 Å². The van der Waals surface area contributed by atoms with Crippen LogP contribution >= 0.6 is 0 Å². The van der Waals surface area contributed by atoms with E-state index in [-0.39, 0.29) is 5.78 Å². The summed E-state index contributed by atoms with van der Waals surface area (Å²) >= 11 is 0. The van der Waals surface area contributed by atoms with Crippen LogP contribution in [-0.4, -0.2) is 25.4 Å². The summed E-state index contributed by atoms with van der Waals surface area (Å²) in [5, 5.41) is 6.03. The summed E-state index contributed by atoms with van der Waals surface area (Å²) in [6.07, 6.45) is 7.40. The first-order valence-electron chi connectivity index (χ1n) is 4.53. The standard InChI is InChI=1S/C5H11N.C4H5NO/c1-2-4-6-5-3-1;6-4-1-2-5-3-4/h6H,1-5H2;1-2,5H,3H2. The number of carbonyl (C=O) groups excluding carboxylic acids is 1. The van der Waals surface area contributed by atoms with Gasteiger partial charge in [0.2, 0.25) is 0 Å². The van der Waals surface area contributed by atoms with Crippen LogP contribution in [0.5, 0.6) is 0 Å². The Morgan fingerprint density at radius 2 is 1.92 bits per heavy atom. The number of carbonyl (C=O) groups is 1. The number of piperidine rings is 1. The summed E-state index contributed by atoms with van der Waals surface area (Å²) in [6, 6.07) is 0.